The highest BCUT2D eigenvalue weighted by Crippen LogP contribution is 2.42. The molecular weight excluding hydrogens is 953 g/mol. The van der Waals surface area contributed by atoms with Gasteiger partial charge in [-0.3, -0.25) is 0 Å². The van der Waals surface area contributed by atoms with Crippen LogP contribution in [0.1, 0.15) is 22.3 Å². The summed E-state index contributed by atoms with van der Waals surface area (Å²) in [5, 5.41) is 0. The zero-order valence-corrected chi connectivity index (χ0v) is 42.6. The van der Waals surface area contributed by atoms with Gasteiger partial charge in [-0.15, -0.1) is 45.3 Å². The molecule has 0 N–H and O–H groups in total. The first-order chi connectivity index (χ1) is 35.5. The summed E-state index contributed by atoms with van der Waals surface area (Å²) in [5.41, 5.74) is 15.0. The highest BCUT2D eigenvalue weighted by molar-refractivity contribution is 7.25. The molecule has 0 radical (unpaired) electrons. The molecule has 4 aromatic carbocycles. The highest BCUT2D eigenvalue weighted by atomic mass is 32.1. The molecular formula is C64H48N4S4+4. The molecule has 72 heavy (non-hydrogen) atoms. The number of benzene rings is 4. The minimum atomic E-state index is 0.805. The summed E-state index contributed by atoms with van der Waals surface area (Å²) in [4.78, 5) is 10.3. The van der Waals surface area contributed by atoms with E-state index < -0.39 is 0 Å². The molecule has 7 aliphatic rings. The smallest absolute Gasteiger partial charge is 0.173 e. The molecule has 0 saturated carbocycles. The molecule has 4 nitrogen and oxygen atoms in total. The first-order valence-corrected chi connectivity index (χ1v) is 27.5. The zero-order valence-electron chi connectivity index (χ0n) is 39.3. The van der Waals surface area contributed by atoms with E-state index in [4.69, 9.17) is 0 Å². The van der Waals surface area contributed by atoms with Crippen LogP contribution in [0.3, 0.4) is 0 Å². The second kappa shape index (κ2) is 19.5. The van der Waals surface area contributed by atoms with Gasteiger partial charge in [0.1, 0.15) is 0 Å². The van der Waals surface area contributed by atoms with Crippen molar-refractivity contribution < 1.29 is 18.3 Å². The minimum Gasteiger partial charge on any atom is -0.201 e. The van der Waals surface area contributed by atoms with Crippen LogP contribution in [0.15, 0.2) is 244 Å². The normalized spacial score (nSPS) is 12.2. The maximum atomic E-state index is 2.33. The Morgan fingerprint density at radius 3 is 0.639 bits per heavy atom. The summed E-state index contributed by atoms with van der Waals surface area (Å²) in [6.45, 7) is 3.22. The Morgan fingerprint density at radius 1 is 0.208 bits per heavy atom. The molecule has 0 atom stereocenters. The number of thiophene rings is 4. The molecule has 7 aliphatic heterocycles. The molecule has 344 valence electrons. The molecule has 15 heterocycles. The van der Waals surface area contributed by atoms with Crippen LogP contribution in [0.4, 0.5) is 0 Å². The average Bonchev–Trinajstić information content (AvgIpc) is 4.29. The quantitative estimate of drug-likeness (QED) is 0.135. The number of aromatic nitrogens is 4. The third kappa shape index (κ3) is 9.58. The molecule has 0 fully saturated rings. The van der Waals surface area contributed by atoms with E-state index in [1.54, 1.807) is 0 Å². The Kier molecular flexibility index (Phi) is 12.0. The van der Waals surface area contributed by atoms with Crippen LogP contribution >= 0.6 is 45.3 Å². The van der Waals surface area contributed by atoms with Crippen molar-refractivity contribution in [2.24, 2.45) is 0 Å². The second-order valence-corrected chi connectivity index (χ2v) is 22.8. The SMILES string of the molecule is c1cc2cc(c1)-c1cccc(c1)C[n+]1ccc(cc1)-c1ccc(s1)-c1ccc(s1)-c1cc[n+](cc1)Cc1cccc(c1)-c1cccc(c1)C[n+]1ccc(cc1)-c1ccc(s1)-c1ccc(s1)-c1cc[n+](cc1)C2. The van der Waals surface area contributed by atoms with Crippen molar-refractivity contribution in [1.82, 2.24) is 0 Å². The predicted octanol–water partition coefficient (Wildman–Crippen LogP) is 14.9. The lowest BCUT2D eigenvalue weighted by Crippen LogP contribution is -2.33. The zero-order chi connectivity index (χ0) is 47.8. The van der Waals surface area contributed by atoms with Crippen molar-refractivity contribution in [2.75, 3.05) is 0 Å². The van der Waals surface area contributed by atoms with Crippen molar-refractivity contribution in [3.8, 4) is 83.5 Å². The van der Waals surface area contributed by atoms with Crippen molar-refractivity contribution in [2.45, 2.75) is 26.2 Å². The van der Waals surface area contributed by atoms with Crippen molar-refractivity contribution in [1.29, 1.82) is 0 Å². The summed E-state index contributed by atoms with van der Waals surface area (Å²) in [6, 6.07) is 72.0. The Hall–Kier alpha value is -7.72. The summed E-state index contributed by atoms with van der Waals surface area (Å²) < 4.78 is 9.09. The largest absolute Gasteiger partial charge is 0.201 e. The van der Waals surface area contributed by atoms with Gasteiger partial charge in [0, 0.05) is 132 Å². The van der Waals surface area contributed by atoms with Crippen LogP contribution < -0.4 is 18.3 Å². The van der Waals surface area contributed by atoms with E-state index >= 15 is 0 Å². The van der Waals surface area contributed by atoms with Gasteiger partial charge >= 0.3 is 0 Å². The summed E-state index contributed by atoms with van der Waals surface area (Å²) >= 11 is 7.44. The topological polar surface area (TPSA) is 15.5 Å². The van der Waals surface area contributed by atoms with Crippen molar-refractivity contribution in [3.63, 3.8) is 0 Å². The first kappa shape index (κ1) is 44.2. The van der Waals surface area contributed by atoms with E-state index in [9.17, 15) is 0 Å². The lowest BCUT2D eigenvalue weighted by atomic mass is 10.0. The molecule has 0 saturated heterocycles. The van der Waals surface area contributed by atoms with Crippen LogP contribution in [0.2, 0.25) is 0 Å². The van der Waals surface area contributed by atoms with Crippen LogP contribution in [-0.4, -0.2) is 0 Å². The van der Waals surface area contributed by atoms with E-state index in [-0.39, 0.29) is 0 Å². The Bertz CT molecular complexity index is 3350. The van der Waals surface area contributed by atoms with Gasteiger partial charge in [-0.05, 0) is 95.1 Å². The molecule has 0 aliphatic carbocycles. The third-order valence-corrected chi connectivity index (χ3v) is 18.4. The van der Waals surface area contributed by atoms with Crippen molar-refractivity contribution in [3.05, 3.63) is 266 Å². The van der Waals surface area contributed by atoms with Crippen LogP contribution in [0.5, 0.6) is 0 Å². The van der Waals surface area contributed by atoms with E-state index in [2.05, 4.69) is 262 Å². The van der Waals surface area contributed by atoms with E-state index in [0.717, 1.165) is 26.2 Å². The fourth-order valence-corrected chi connectivity index (χ4v) is 13.9. The van der Waals surface area contributed by atoms with Gasteiger partial charge in [-0.2, -0.15) is 0 Å². The van der Waals surface area contributed by atoms with Gasteiger partial charge < -0.3 is 0 Å². The molecule has 24 bridgehead atoms. The highest BCUT2D eigenvalue weighted by Gasteiger charge is 2.16. The van der Waals surface area contributed by atoms with Crippen molar-refractivity contribution >= 4 is 45.3 Å². The van der Waals surface area contributed by atoms with Crippen LogP contribution in [-0.2, 0) is 26.2 Å². The number of hydrogen-bond donors (Lipinski definition) is 0. The molecule has 8 aromatic heterocycles. The first-order valence-electron chi connectivity index (χ1n) is 24.3. The van der Waals surface area contributed by atoms with Crippen LogP contribution in [0, 0.1) is 0 Å². The molecule has 0 spiro atoms. The lowest BCUT2D eigenvalue weighted by Gasteiger charge is -2.07. The molecule has 8 heteroatoms. The number of rotatable bonds is 0. The maximum Gasteiger partial charge on any atom is 0.173 e. The number of pyridine rings is 4. The van der Waals surface area contributed by atoms with Gasteiger partial charge in [-0.1, -0.05) is 72.8 Å². The second-order valence-electron chi connectivity index (χ2n) is 18.5. The summed E-state index contributed by atoms with van der Waals surface area (Å²) in [5.74, 6) is 0. The average molecular weight is 1000 g/mol. The monoisotopic (exact) mass is 1000 g/mol. The van der Waals surface area contributed by atoms with E-state index in [1.165, 1.54) is 106 Å². The summed E-state index contributed by atoms with van der Waals surface area (Å²) in [7, 11) is 0. The molecule has 19 rings (SSSR count). The fraction of sp³-hybridized carbons (Fsp3) is 0.0625. The van der Waals surface area contributed by atoms with Gasteiger partial charge in [0.15, 0.2) is 75.8 Å². The standard InChI is InChI=1S/C64H48N4S4/c1-5-45-37-53(9-1)54-10-2-6-46(38-54)42-66-31-23-50(24-32-66)58-14-19-63(70-58)64-20-16-60(72-64)52-27-35-68(36-28-52)44-48-8-4-12-56(40-48)55-11-3-7-47(39-55)43-67-33-25-51(26-34-67)59-15-18-62(71-59)61-17-13-57(69-61)49-21-29-65(41-45)30-22-49/h1-40H,41-44H2/q+4. The number of hydrogen-bond acceptors (Lipinski definition) is 4. The third-order valence-electron chi connectivity index (χ3n) is 13.4. The van der Waals surface area contributed by atoms with Gasteiger partial charge in [0.05, 0.1) is 0 Å². The summed E-state index contributed by atoms with van der Waals surface area (Å²) in [6.07, 6.45) is 17.7. The molecule has 0 amide bonds. The maximum absolute atomic E-state index is 2.33. The fourth-order valence-electron chi connectivity index (χ4n) is 9.65. The Balaban J connectivity index is 0.783. The number of nitrogens with zero attached hydrogens (tertiary/aromatic N) is 4. The molecule has 12 aromatic rings. The van der Waals surface area contributed by atoms with Gasteiger partial charge in [0.25, 0.3) is 0 Å². The minimum absolute atomic E-state index is 0.805. The molecule has 0 unspecified atom stereocenters. The predicted molar refractivity (Wildman–Crippen MR) is 298 cm³/mol. The van der Waals surface area contributed by atoms with E-state index in [0.29, 0.717) is 0 Å². The van der Waals surface area contributed by atoms with E-state index in [1.807, 2.05) is 45.3 Å². The Morgan fingerprint density at radius 2 is 0.417 bits per heavy atom. The van der Waals surface area contributed by atoms with Gasteiger partial charge in [-0.25, -0.2) is 18.3 Å². The Labute approximate surface area is 436 Å². The van der Waals surface area contributed by atoms with Crippen LogP contribution in [0.25, 0.3) is 83.5 Å². The lowest BCUT2D eigenvalue weighted by molar-refractivity contribution is -0.688. The van der Waals surface area contributed by atoms with Gasteiger partial charge in [0.2, 0.25) is 0 Å².